The molecule has 0 radical (unpaired) electrons. The van der Waals surface area contributed by atoms with Crippen LogP contribution >= 0.6 is 0 Å². The van der Waals surface area contributed by atoms with Gasteiger partial charge in [-0.1, -0.05) is 13.0 Å². The number of nitrogens with zero attached hydrogens (tertiary/aromatic N) is 1. The van der Waals surface area contributed by atoms with E-state index in [4.69, 9.17) is 0 Å². The molecule has 0 aliphatic carbocycles. The Bertz CT molecular complexity index is 586. The molecule has 0 aromatic heterocycles. The van der Waals surface area contributed by atoms with Crippen LogP contribution in [0.1, 0.15) is 25.3 Å². The summed E-state index contributed by atoms with van der Waals surface area (Å²) in [6.45, 7) is 3.27. The number of nitro benzene ring substituents is 1. The van der Waals surface area contributed by atoms with Crippen LogP contribution in [0.2, 0.25) is 0 Å². The molecule has 20 heavy (non-hydrogen) atoms. The quantitative estimate of drug-likeness (QED) is 0.583. The second-order valence-electron chi connectivity index (χ2n) is 4.41. The number of rotatable bonds is 7. The van der Waals surface area contributed by atoms with Gasteiger partial charge in [-0.05, 0) is 25.8 Å². The number of hydrogen-bond donors (Lipinski definition) is 2. The van der Waals surface area contributed by atoms with Gasteiger partial charge in [0.25, 0.3) is 5.69 Å². The van der Waals surface area contributed by atoms with E-state index < -0.39 is 21.1 Å². The van der Waals surface area contributed by atoms with Crippen molar-refractivity contribution in [3.8, 4) is 0 Å². The number of sulfonamides is 1. The predicted molar refractivity (Wildman–Crippen MR) is 73.9 cm³/mol. The Hall–Kier alpha value is -1.51. The summed E-state index contributed by atoms with van der Waals surface area (Å²) in [5.74, 6) is 0. The zero-order valence-corrected chi connectivity index (χ0v) is 12.2. The first kappa shape index (κ1) is 16.5. The van der Waals surface area contributed by atoms with E-state index in [1.54, 1.807) is 6.92 Å². The second-order valence-corrected chi connectivity index (χ2v) is 6.14. The van der Waals surface area contributed by atoms with Crippen molar-refractivity contribution in [1.29, 1.82) is 0 Å². The van der Waals surface area contributed by atoms with Crippen LogP contribution in [0.25, 0.3) is 0 Å². The zero-order chi connectivity index (χ0) is 15.3. The third kappa shape index (κ3) is 3.99. The SMILES string of the molecule is CCC(O)CCNS(=O)(=O)c1cccc([N+](=O)[O-])c1C. The van der Waals surface area contributed by atoms with Gasteiger partial charge >= 0.3 is 0 Å². The molecule has 1 aromatic rings. The summed E-state index contributed by atoms with van der Waals surface area (Å²) in [7, 11) is -3.82. The Balaban J connectivity index is 2.93. The van der Waals surface area contributed by atoms with Crippen LogP contribution in [0.4, 0.5) is 5.69 Å². The number of nitrogens with one attached hydrogen (secondary N) is 1. The summed E-state index contributed by atoms with van der Waals surface area (Å²) in [4.78, 5) is 10.1. The number of aliphatic hydroxyl groups is 1. The minimum absolute atomic E-state index is 0.0828. The van der Waals surface area contributed by atoms with Gasteiger partial charge < -0.3 is 5.11 Å². The molecule has 0 aliphatic heterocycles. The van der Waals surface area contributed by atoms with E-state index in [2.05, 4.69) is 4.72 Å². The van der Waals surface area contributed by atoms with Crippen molar-refractivity contribution in [1.82, 2.24) is 4.72 Å². The number of nitro groups is 1. The molecule has 7 nitrogen and oxygen atoms in total. The average molecular weight is 302 g/mol. The van der Waals surface area contributed by atoms with Crippen molar-refractivity contribution in [2.24, 2.45) is 0 Å². The first-order valence-electron chi connectivity index (χ1n) is 6.21. The maximum atomic E-state index is 12.1. The lowest BCUT2D eigenvalue weighted by molar-refractivity contribution is -0.385. The molecule has 0 bridgehead atoms. The van der Waals surface area contributed by atoms with E-state index in [1.165, 1.54) is 25.1 Å². The second kappa shape index (κ2) is 6.78. The monoisotopic (exact) mass is 302 g/mol. The van der Waals surface area contributed by atoms with E-state index in [0.29, 0.717) is 12.8 Å². The van der Waals surface area contributed by atoms with E-state index >= 15 is 0 Å². The van der Waals surface area contributed by atoms with Gasteiger partial charge in [0.1, 0.15) is 0 Å². The Kier molecular flexibility index (Phi) is 5.61. The summed E-state index contributed by atoms with van der Waals surface area (Å²) in [5, 5.41) is 20.2. The first-order valence-corrected chi connectivity index (χ1v) is 7.69. The third-order valence-corrected chi connectivity index (χ3v) is 4.59. The van der Waals surface area contributed by atoms with Crippen molar-refractivity contribution in [2.75, 3.05) is 6.54 Å². The highest BCUT2D eigenvalue weighted by Gasteiger charge is 2.22. The third-order valence-electron chi connectivity index (χ3n) is 2.98. The van der Waals surface area contributed by atoms with E-state index in [-0.39, 0.29) is 22.7 Å². The molecule has 112 valence electrons. The highest BCUT2D eigenvalue weighted by molar-refractivity contribution is 7.89. The van der Waals surface area contributed by atoms with Crippen LogP contribution in [0.3, 0.4) is 0 Å². The van der Waals surface area contributed by atoms with Crippen molar-refractivity contribution in [3.05, 3.63) is 33.9 Å². The number of benzene rings is 1. The lowest BCUT2D eigenvalue weighted by Crippen LogP contribution is -2.27. The Labute approximate surface area is 117 Å². The highest BCUT2D eigenvalue weighted by Crippen LogP contribution is 2.24. The topological polar surface area (TPSA) is 110 Å². The molecule has 0 saturated heterocycles. The number of aliphatic hydroxyl groups excluding tert-OH is 1. The van der Waals surface area contributed by atoms with Gasteiger partial charge in [-0.15, -0.1) is 0 Å². The van der Waals surface area contributed by atoms with Gasteiger partial charge in [-0.3, -0.25) is 10.1 Å². The Morgan fingerprint density at radius 1 is 1.45 bits per heavy atom. The fourth-order valence-corrected chi connectivity index (χ4v) is 3.04. The van der Waals surface area contributed by atoms with Gasteiger partial charge in [0.15, 0.2) is 0 Å². The summed E-state index contributed by atoms with van der Waals surface area (Å²) in [6.07, 6.45) is 0.269. The van der Waals surface area contributed by atoms with Gasteiger partial charge in [0.05, 0.1) is 15.9 Å². The molecule has 1 atom stereocenters. The molecule has 0 amide bonds. The van der Waals surface area contributed by atoms with Crippen molar-refractivity contribution < 1.29 is 18.4 Å². The lowest BCUT2D eigenvalue weighted by Gasteiger charge is -2.11. The molecular weight excluding hydrogens is 284 g/mol. The molecule has 1 rings (SSSR count). The van der Waals surface area contributed by atoms with Crippen LogP contribution in [0.5, 0.6) is 0 Å². The first-order chi connectivity index (χ1) is 9.29. The maximum Gasteiger partial charge on any atom is 0.273 e. The molecule has 0 saturated carbocycles. The summed E-state index contributed by atoms with van der Waals surface area (Å²) < 4.78 is 26.5. The van der Waals surface area contributed by atoms with Crippen LogP contribution in [0, 0.1) is 17.0 Å². The molecule has 2 N–H and O–H groups in total. The summed E-state index contributed by atoms with van der Waals surface area (Å²) in [5.41, 5.74) is -0.137. The standard InChI is InChI=1S/C12H18N2O5S/c1-3-10(15)7-8-13-20(18,19)12-6-4-5-11(9(12)2)14(16)17/h4-6,10,13,15H,3,7-8H2,1-2H3. The molecular formula is C12H18N2O5S. The Morgan fingerprint density at radius 3 is 2.65 bits per heavy atom. The highest BCUT2D eigenvalue weighted by atomic mass is 32.2. The summed E-state index contributed by atoms with van der Waals surface area (Å²) in [6, 6.07) is 3.91. The lowest BCUT2D eigenvalue weighted by atomic mass is 10.2. The van der Waals surface area contributed by atoms with Gasteiger partial charge in [-0.2, -0.15) is 0 Å². The molecule has 0 heterocycles. The summed E-state index contributed by atoms with van der Waals surface area (Å²) >= 11 is 0. The van der Waals surface area contributed by atoms with Crippen LogP contribution < -0.4 is 4.72 Å². The minimum Gasteiger partial charge on any atom is -0.393 e. The van der Waals surface area contributed by atoms with Gasteiger partial charge in [0.2, 0.25) is 10.0 Å². The molecule has 0 aliphatic rings. The van der Waals surface area contributed by atoms with Gasteiger partial charge in [-0.25, -0.2) is 13.1 Å². The van der Waals surface area contributed by atoms with E-state index in [0.717, 1.165) is 0 Å². The van der Waals surface area contributed by atoms with Crippen molar-refractivity contribution in [2.45, 2.75) is 37.7 Å². The molecule has 0 spiro atoms. The molecule has 1 aromatic carbocycles. The maximum absolute atomic E-state index is 12.1. The average Bonchev–Trinajstić information content (AvgIpc) is 2.37. The van der Waals surface area contributed by atoms with E-state index in [1.807, 2.05) is 0 Å². The van der Waals surface area contributed by atoms with Crippen molar-refractivity contribution >= 4 is 15.7 Å². The van der Waals surface area contributed by atoms with Crippen LogP contribution in [0.15, 0.2) is 23.1 Å². The van der Waals surface area contributed by atoms with E-state index in [9.17, 15) is 23.6 Å². The van der Waals surface area contributed by atoms with Crippen molar-refractivity contribution in [3.63, 3.8) is 0 Å². The molecule has 8 heteroatoms. The molecule has 0 fully saturated rings. The zero-order valence-electron chi connectivity index (χ0n) is 11.4. The van der Waals surface area contributed by atoms with Crippen LogP contribution in [-0.2, 0) is 10.0 Å². The minimum atomic E-state index is -3.82. The fourth-order valence-electron chi connectivity index (χ4n) is 1.73. The number of hydrogen-bond acceptors (Lipinski definition) is 5. The fraction of sp³-hybridized carbons (Fsp3) is 0.500. The smallest absolute Gasteiger partial charge is 0.273 e. The van der Waals surface area contributed by atoms with Gasteiger partial charge in [0, 0.05) is 18.2 Å². The molecule has 1 unspecified atom stereocenters. The normalized spacial score (nSPS) is 13.2. The Morgan fingerprint density at radius 2 is 2.10 bits per heavy atom. The van der Waals surface area contributed by atoms with Crippen LogP contribution in [-0.4, -0.2) is 31.1 Å². The largest absolute Gasteiger partial charge is 0.393 e. The predicted octanol–water partition coefficient (Wildman–Crippen LogP) is 1.34.